The highest BCUT2D eigenvalue weighted by Crippen LogP contribution is 2.33. The topological polar surface area (TPSA) is 98.9 Å². The first-order valence-corrected chi connectivity index (χ1v) is 15.5. The van der Waals surface area contributed by atoms with Gasteiger partial charge in [-0.25, -0.2) is 13.4 Å². The van der Waals surface area contributed by atoms with Crippen molar-refractivity contribution in [3.8, 4) is 5.75 Å². The molecule has 13 heteroatoms. The van der Waals surface area contributed by atoms with Crippen molar-refractivity contribution in [1.29, 1.82) is 0 Å². The Bertz CT molecular complexity index is 1410. The van der Waals surface area contributed by atoms with Crippen LogP contribution in [0.25, 0.3) is 0 Å². The van der Waals surface area contributed by atoms with Crippen LogP contribution in [0, 0.1) is 0 Å². The lowest BCUT2D eigenvalue weighted by molar-refractivity contribution is -0.149. The minimum absolute atomic E-state index is 0.0169. The first kappa shape index (κ1) is 29.9. The Kier molecular flexibility index (Phi) is 9.47. The van der Waals surface area contributed by atoms with Gasteiger partial charge in [0.05, 0.1) is 12.2 Å². The van der Waals surface area contributed by atoms with Crippen LogP contribution in [0.15, 0.2) is 64.4 Å². The number of esters is 1. The Morgan fingerprint density at radius 1 is 1.20 bits per heavy atom. The summed E-state index contributed by atoms with van der Waals surface area (Å²) in [5, 5.41) is -0.372. The number of alkyl halides is 3. The number of hydrogen-bond donors (Lipinski definition) is 0. The number of ether oxygens (including phenoxy) is 2. The van der Waals surface area contributed by atoms with Crippen LogP contribution in [0.5, 0.6) is 5.75 Å². The molecule has 1 aliphatic heterocycles. The quantitative estimate of drug-likeness (QED) is 0.301. The van der Waals surface area contributed by atoms with Gasteiger partial charge in [-0.3, -0.25) is 9.69 Å². The van der Waals surface area contributed by atoms with E-state index in [-0.39, 0.29) is 29.2 Å². The normalized spacial score (nSPS) is 17.4. The number of benzene rings is 2. The van der Waals surface area contributed by atoms with E-state index in [1.807, 2.05) is 11.0 Å². The molecule has 1 fully saturated rings. The first-order valence-electron chi connectivity index (χ1n) is 12.5. The summed E-state index contributed by atoms with van der Waals surface area (Å²) in [6, 6.07) is 11.3. The van der Waals surface area contributed by atoms with Crippen LogP contribution >= 0.6 is 11.8 Å². The summed E-state index contributed by atoms with van der Waals surface area (Å²) < 4.78 is 80.4. The van der Waals surface area contributed by atoms with E-state index in [0.29, 0.717) is 36.8 Å². The summed E-state index contributed by atoms with van der Waals surface area (Å²) in [4.78, 5) is 18.6. The molecular weight excluding hydrogens is 569 g/mol. The number of hydrogen-bond acceptors (Lipinski definition) is 9. The van der Waals surface area contributed by atoms with Crippen molar-refractivity contribution < 1.29 is 40.3 Å². The Labute approximate surface area is 234 Å². The maximum Gasteiger partial charge on any atom is 0.416 e. The van der Waals surface area contributed by atoms with Crippen molar-refractivity contribution in [2.24, 2.45) is 0 Å². The van der Waals surface area contributed by atoms with Gasteiger partial charge in [0, 0.05) is 37.3 Å². The van der Waals surface area contributed by atoms with Crippen molar-refractivity contribution in [2.75, 3.05) is 30.9 Å². The number of sulfone groups is 1. The van der Waals surface area contributed by atoms with Crippen LogP contribution in [0.4, 0.5) is 13.2 Å². The van der Waals surface area contributed by atoms with E-state index in [4.69, 9.17) is 13.9 Å². The Morgan fingerprint density at radius 2 is 1.95 bits per heavy atom. The van der Waals surface area contributed by atoms with Gasteiger partial charge in [-0.15, -0.1) is 0 Å². The average molecular weight is 599 g/mol. The van der Waals surface area contributed by atoms with Crippen LogP contribution in [0.3, 0.4) is 0 Å². The molecule has 8 nitrogen and oxygen atoms in total. The highest BCUT2D eigenvalue weighted by atomic mass is 32.2. The van der Waals surface area contributed by atoms with Gasteiger partial charge in [-0.2, -0.15) is 24.9 Å². The highest BCUT2D eigenvalue weighted by molar-refractivity contribution is 7.99. The van der Waals surface area contributed by atoms with E-state index < -0.39 is 27.7 Å². The predicted octanol–water partition coefficient (Wildman–Crippen LogP) is 4.94. The summed E-state index contributed by atoms with van der Waals surface area (Å²) in [5.74, 6) is 1.64. The average Bonchev–Trinajstić information content (AvgIpc) is 3.40. The summed E-state index contributed by atoms with van der Waals surface area (Å²) in [6.45, 7) is 3.23. The van der Waals surface area contributed by atoms with Crippen molar-refractivity contribution >= 4 is 27.6 Å². The lowest BCUT2D eigenvalue weighted by Gasteiger charge is -2.33. The molecule has 0 amide bonds. The fourth-order valence-electron chi connectivity index (χ4n) is 4.37. The Balaban J connectivity index is 1.59. The second kappa shape index (κ2) is 12.6. The van der Waals surface area contributed by atoms with E-state index in [1.54, 1.807) is 36.9 Å². The predicted molar refractivity (Wildman–Crippen MR) is 143 cm³/mol. The molecule has 1 aromatic heterocycles. The zero-order valence-electron chi connectivity index (χ0n) is 21.9. The molecular formula is C27H29F3N2O6S2. The van der Waals surface area contributed by atoms with Gasteiger partial charge >= 0.3 is 12.1 Å². The maximum atomic E-state index is 13.0. The van der Waals surface area contributed by atoms with Gasteiger partial charge in [-0.05, 0) is 42.3 Å². The molecule has 2 atom stereocenters. The van der Waals surface area contributed by atoms with Crippen molar-refractivity contribution in [3.05, 3.63) is 77.3 Å². The molecule has 0 radical (unpaired) electrons. The van der Waals surface area contributed by atoms with Gasteiger partial charge in [0.15, 0.2) is 6.39 Å². The molecule has 0 spiro atoms. The molecule has 1 aliphatic rings. The number of carbonyl (C=O) groups is 1. The maximum absolute atomic E-state index is 13.0. The SMILES string of the molecule is CCOC(=O)C1CSCCN1Cc1cccc(OC(Cc2ccc(C(F)(F)F)cc2)c2ncoc2S(C)(=O)=O)c1. The van der Waals surface area contributed by atoms with E-state index in [1.165, 1.54) is 12.1 Å². The van der Waals surface area contributed by atoms with E-state index in [9.17, 15) is 26.4 Å². The van der Waals surface area contributed by atoms with Crippen molar-refractivity contribution in [3.63, 3.8) is 0 Å². The summed E-state index contributed by atoms with van der Waals surface area (Å²) in [7, 11) is -3.80. The van der Waals surface area contributed by atoms with Crippen LogP contribution in [0.1, 0.15) is 35.4 Å². The van der Waals surface area contributed by atoms with Crippen molar-refractivity contribution in [1.82, 2.24) is 9.88 Å². The van der Waals surface area contributed by atoms with Crippen LogP contribution < -0.4 is 4.74 Å². The smallest absolute Gasteiger partial charge is 0.416 e. The number of oxazole rings is 1. The number of aromatic nitrogens is 1. The van der Waals surface area contributed by atoms with E-state index >= 15 is 0 Å². The minimum atomic E-state index is -4.48. The largest absolute Gasteiger partial charge is 0.484 e. The molecule has 4 rings (SSSR count). The third kappa shape index (κ3) is 7.58. The third-order valence-corrected chi connectivity index (χ3v) is 8.27. The zero-order valence-corrected chi connectivity index (χ0v) is 23.5. The van der Waals surface area contributed by atoms with Gasteiger partial charge in [0.2, 0.25) is 14.9 Å². The molecule has 216 valence electrons. The molecule has 40 heavy (non-hydrogen) atoms. The Hall–Kier alpha value is -3.03. The van der Waals surface area contributed by atoms with Crippen LogP contribution in [-0.4, -0.2) is 61.2 Å². The van der Waals surface area contributed by atoms with Gasteiger partial charge in [0.25, 0.3) is 0 Å². The van der Waals surface area contributed by atoms with Crippen molar-refractivity contribution in [2.45, 2.75) is 43.3 Å². The second-order valence-corrected chi connectivity index (χ2v) is 12.3. The summed E-state index contributed by atoms with van der Waals surface area (Å²) in [5.41, 5.74) is 0.565. The first-order chi connectivity index (χ1) is 19.0. The second-order valence-electron chi connectivity index (χ2n) is 9.26. The zero-order chi connectivity index (χ0) is 28.9. The molecule has 2 unspecified atom stereocenters. The lowest BCUT2D eigenvalue weighted by Crippen LogP contribution is -2.47. The summed E-state index contributed by atoms with van der Waals surface area (Å²) in [6.07, 6.45) is -3.46. The van der Waals surface area contributed by atoms with Gasteiger partial charge < -0.3 is 13.9 Å². The standard InChI is InChI=1S/C27H29F3N2O6S2/c1-3-36-25(33)22-16-39-12-11-32(22)15-19-5-4-6-21(13-19)38-23(24-26(37-17-31-24)40(2,34)35)14-18-7-9-20(10-8-18)27(28,29)30/h4-10,13,17,22-23H,3,11-12,14-16H2,1-2H3. The van der Waals surface area contributed by atoms with Crippen LogP contribution in [0.2, 0.25) is 0 Å². The third-order valence-electron chi connectivity index (χ3n) is 6.27. The number of nitrogens with zero attached hydrogens (tertiary/aromatic N) is 2. The summed E-state index contributed by atoms with van der Waals surface area (Å²) >= 11 is 1.69. The monoisotopic (exact) mass is 598 g/mol. The number of rotatable bonds is 10. The molecule has 1 saturated heterocycles. The highest BCUT2D eigenvalue weighted by Gasteiger charge is 2.32. The fourth-order valence-corrected chi connectivity index (χ4v) is 6.26. The van der Waals surface area contributed by atoms with E-state index in [2.05, 4.69) is 4.98 Å². The van der Waals surface area contributed by atoms with E-state index in [0.717, 1.165) is 36.1 Å². The minimum Gasteiger partial charge on any atom is -0.484 e. The number of carbonyl (C=O) groups excluding carboxylic acids is 1. The number of halogens is 3. The molecule has 0 saturated carbocycles. The van der Waals surface area contributed by atoms with Crippen LogP contribution in [-0.2, 0) is 38.5 Å². The lowest BCUT2D eigenvalue weighted by atomic mass is 10.0. The molecule has 2 aromatic carbocycles. The molecule has 0 bridgehead atoms. The molecule has 0 aliphatic carbocycles. The molecule has 2 heterocycles. The number of thioether (sulfide) groups is 1. The Morgan fingerprint density at radius 3 is 2.62 bits per heavy atom. The molecule has 3 aromatic rings. The van der Waals surface area contributed by atoms with Gasteiger partial charge in [0.1, 0.15) is 23.6 Å². The van der Waals surface area contributed by atoms with Gasteiger partial charge in [-0.1, -0.05) is 24.3 Å². The molecule has 0 N–H and O–H groups in total. The fraction of sp³-hybridized carbons (Fsp3) is 0.407.